The molecule has 0 unspecified atom stereocenters. The maximum Gasteiger partial charge on any atom is 0.407 e. The number of carbonyl (C=O) groups is 1. The van der Waals surface area contributed by atoms with E-state index in [1.54, 1.807) is 0 Å². The Bertz CT molecular complexity index is 510. The molecule has 1 heterocycles. The Morgan fingerprint density at radius 3 is 2.89 bits per heavy atom. The van der Waals surface area contributed by atoms with Crippen LogP contribution < -0.4 is 5.73 Å². The zero-order valence-electron chi connectivity index (χ0n) is 9.36. The number of phenols is 1. The molecule has 0 aromatic heterocycles. The normalized spacial score (nSPS) is 18.6. The van der Waals surface area contributed by atoms with Gasteiger partial charge in [-0.15, -0.1) is 0 Å². The minimum atomic E-state index is -1.16. The molecule has 98 valence electrons. The first kappa shape index (κ1) is 12.9. The third-order valence-corrected chi connectivity index (χ3v) is 3.47. The molecule has 5 nitrogen and oxygen atoms in total. The minimum absolute atomic E-state index is 0.0490. The second-order valence-corrected chi connectivity index (χ2v) is 4.47. The molecule has 1 atom stereocenters. The number of hydrogen-bond acceptors (Lipinski definition) is 3. The predicted molar refractivity (Wildman–Crippen MR) is 63.3 cm³/mol. The Kier molecular flexibility index (Phi) is 3.32. The van der Waals surface area contributed by atoms with E-state index in [1.165, 1.54) is 0 Å². The Balaban J connectivity index is 2.61. The van der Waals surface area contributed by atoms with Gasteiger partial charge in [0.15, 0.2) is 11.6 Å². The van der Waals surface area contributed by atoms with Crippen molar-refractivity contribution in [2.45, 2.75) is 12.5 Å². The summed E-state index contributed by atoms with van der Waals surface area (Å²) in [5.74, 6) is -1.44. The van der Waals surface area contributed by atoms with E-state index in [2.05, 4.69) is 0 Å². The van der Waals surface area contributed by atoms with Gasteiger partial charge in [-0.25, -0.2) is 9.18 Å². The van der Waals surface area contributed by atoms with E-state index in [0.717, 1.165) is 11.0 Å². The number of hydrogen-bond donors (Lipinski definition) is 3. The first-order valence-corrected chi connectivity index (χ1v) is 5.74. The van der Waals surface area contributed by atoms with E-state index < -0.39 is 23.7 Å². The van der Waals surface area contributed by atoms with E-state index >= 15 is 0 Å². The van der Waals surface area contributed by atoms with Gasteiger partial charge in [0.25, 0.3) is 0 Å². The van der Waals surface area contributed by atoms with E-state index in [0.29, 0.717) is 12.0 Å². The first-order valence-electron chi connectivity index (χ1n) is 5.36. The summed E-state index contributed by atoms with van der Waals surface area (Å²) in [7, 11) is 0. The fraction of sp³-hybridized carbons (Fsp3) is 0.364. The monoisotopic (exact) mass is 274 g/mol. The summed E-state index contributed by atoms with van der Waals surface area (Å²) < 4.78 is 13.5. The number of halogens is 2. The SMILES string of the molecule is NC[C@@H]1c2c(O)c(F)cc(Cl)c2CCN1C(=O)O. The number of amides is 1. The van der Waals surface area contributed by atoms with Crippen molar-refractivity contribution in [3.05, 3.63) is 28.0 Å². The molecule has 1 aliphatic rings. The maximum atomic E-state index is 13.5. The summed E-state index contributed by atoms with van der Waals surface area (Å²) in [6.07, 6.45) is -0.832. The molecular formula is C11H12ClFN2O3. The van der Waals surface area contributed by atoms with Gasteiger partial charge in [-0.1, -0.05) is 11.6 Å². The Hall–Kier alpha value is -1.53. The van der Waals surface area contributed by atoms with Crippen LogP contribution in [-0.2, 0) is 6.42 Å². The molecule has 0 radical (unpaired) electrons. The quantitative estimate of drug-likeness (QED) is 0.728. The van der Waals surface area contributed by atoms with Crippen molar-refractivity contribution in [3.63, 3.8) is 0 Å². The second kappa shape index (κ2) is 4.62. The van der Waals surface area contributed by atoms with Gasteiger partial charge in [0.1, 0.15) is 0 Å². The molecule has 1 aliphatic heterocycles. The molecular weight excluding hydrogens is 263 g/mol. The average Bonchev–Trinajstić information content (AvgIpc) is 2.34. The van der Waals surface area contributed by atoms with Crippen molar-refractivity contribution in [2.24, 2.45) is 5.73 Å². The summed E-state index contributed by atoms with van der Waals surface area (Å²) in [6, 6.07) is 0.249. The third kappa shape index (κ3) is 1.87. The molecule has 1 amide bonds. The number of nitrogens with zero attached hydrogens (tertiary/aromatic N) is 1. The molecule has 0 aliphatic carbocycles. The molecule has 1 aromatic carbocycles. The molecule has 4 N–H and O–H groups in total. The molecule has 0 saturated heterocycles. The number of fused-ring (bicyclic) bond motifs is 1. The van der Waals surface area contributed by atoms with Crippen molar-refractivity contribution in [1.82, 2.24) is 4.90 Å². The predicted octanol–water partition coefficient (Wildman–Crippen LogP) is 1.72. The van der Waals surface area contributed by atoms with Crippen LogP contribution in [0.3, 0.4) is 0 Å². The fourth-order valence-corrected chi connectivity index (χ4v) is 2.59. The fourth-order valence-electron chi connectivity index (χ4n) is 2.30. The summed E-state index contributed by atoms with van der Waals surface area (Å²) in [4.78, 5) is 12.2. The van der Waals surface area contributed by atoms with Crippen LogP contribution in [0, 0.1) is 5.82 Å². The van der Waals surface area contributed by atoms with Crippen molar-refractivity contribution in [3.8, 4) is 5.75 Å². The van der Waals surface area contributed by atoms with E-state index in [9.17, 15) is 14.3 Å². The van der Waals surface area contributed by atoms with Crippen molar-refractivity contribution >= 4 is 17.7 Å². The van der Waals surface area contributed by atoms with Gasteiger partial charge >= 0.3 is 6.09 Å². The second-order valence-electron chi connectivity index (χ2n) is 4.06. The Labute approximate surface area is 108 Å². The summed E-state index contributed by atoms with van der Waals surface area (Å²) >= 11 is 5.91. The first-order chi connectivity index (χ1) is 8.47. The van der Waals surface area contributed by atoms with Crippen LogP contribution in [0.1, 0.15) is 17.2 Å². The van der Waals surface area contributed by atoms with Gasteiger partial charge in [0.2, 0.25) is 0 Å². The van der Waals surface area contributed by atoms with Crippen molar-refractivity contribution < 1.29 is 19.4 Å². The molecule has 0 bridgehead atoms. The average molecular weight is 275 g/mol. The lowest BCUT2D eigenvalue weighted by Gasteiger charge is -2.35. The molecule has 18 heavy (non-hydrogen) atoms. The summed E-state index contributed by atoms with van der Waals surface area (Å²) in [5.41, 5.74) is 6.27. The van der Waals surface area contributed by atoms with Crippen LogP contribution in [0.25, 0.3) is 0 Å². The lowest BCUT2D eigenvalue weighted by Crippen LogP contribution is -2.42. The number of phenolic OH excluding ortho intramolecular Hbond substituents is 1. The van der Waals surface area contributed by atoms with Crippen LogP contribution >= 0.6 is 11.6 Å². The summed E-state index contributed by atoms with van der Waals surface area (Å²) in [6.45, 7) is 0.168. The topological polar surface area (TPSA) is 86.8 Å². The minimum Gasteiger partial charge on any atom is -0.505 e. The third-order valence-electron chi connectivity index (χ3n) is 3.13. The highest BCUT2D eigenvalue weighted by atomic mass is 35.5. The highest BCUT2D eigenvalue weighted by molar-refractivity contribution is 6.31. The van der Waals surface area contributed by atoms with Crippen molar-refractivity contribution in [2.75, 3.05) is 13.1 Å². The van der Waals surface area contributed by atoms with Crippen LogP contribution in [0.2, 0.25) is 5.02 Å². The van der Waals surface area contributed by atoms with Gasteiger partial charge in [0.05, 0.1) is 6.04 Å². The number of rotatable bonds is 1. The van der Waals surface area contributed by atoms with Crippen LogP contribution in [0.5, 0.6) is 5.75 Å². The zero-order chi connectivity index (χ0) is 13.4. The van der Waals surface area contributed by atoms with E-state index in [1.807, 2.05) is 0 Å². The molecule has 0 fully saturated rings. The smallest absolute Gasteiger partial charge is 0.407 e. The Morgan fingerprint density at radius 2 is 2.33 bits per heavy atom. The highest BCUT2D eigenvalue weighted by Gasteiger charge is 2.34. The number of carboxylic acid groups (broad SMARTS) is 1. The van der Waals surface area contributed by atoms with Gasteiger partial charge in [0, 0.05) is 23.7 Å². The van der Waals surface area contributed by atoms with E-state index in [4.69, 9.17) is 22.4 Å². The largest absolute Gasteiger partial charge is 0.505 e. The Morgan fingerprint density at radius 1 is 1.67 bits per heavy atom. The lowest BCUT2D eigenvalue weighted by molar-refractivity contribution is 0.120. The number of nitrogens with two attached hydrogens (primary N) is 1. The lowest BCUT2D eigenvalue weighted by atomic mass is 9.91. The van der Waals surface area contributed by atoms with Crippen LogP contribution in [0.4, 0.5) is 9.18 Å². The van der Waals surface area contributed by atoms with Gasteiger partial charge in [-0.2, -0.15) is 0 Å². The van der Waals surface area contributed by atoms with Crippen LogP contribution in [0.15, 0.2) is 6.07 Å². The summed E-state index contributed by atoms with van der Waals surface area (Å²) in [5, 5.41) is 19.0. The standard InChI is InChI=1S/C11H12ClFN2O3/c12-6-3-7(13)10(16)9-5(6)1-2-15(11(17)18)8(9)4-14/h3,8,16H,1-2,4,14H2,(H,17,18)/t8-/m1/s1. The molecule has 0 saturated carbocycles. The molecule has 7 heteroatoms. The molecule has 2 rings (SSSR count). The van der Waals surface area contributed by atoms with Gasteiger partial charge in [-0.05, 0) is 18.1 Å². The zero-order valence-corrected chi connectivity index (χ0v) is 10.1. The maximum absolute atomic E-state index is 13.5. The molecule has 0 spiro atoms. The van der Waals surface area contributed by atoms with Gasteiger partial charge in [-0.3, -0.25) is 4.90 Å². The highest BCUT2D eigenvalue weighted by Crippen LogP contribution is 2.40. The number of aromatic hydroxyl groups is 1. The van der Waals surface area contributed by atoms with Crippen LogP contribution in [-0.4, -0.2) is 34.3 Å². The molecule has 1 aromatic rings. The number of benzene rings is 1. The van der Waals surface area contributed by atoms with E-state index in [-0.39, 0.29) is 23.7 Å². The van der Waals surface area contributed by atoms with Gasteiger partial charge < -0.3 is 15.9 Å². The van der Waals surface area contributed by atoms with Crippen molar-refractivity contribution in [1.29, 1.82) is 0 Å².